The lowest BCUT2D eigenvalue weighted by molar-refractivity contribution is 0.586. The highest BCUT2D eigenvalue weighted by Crippen LogP contribution is 2.27. The van der Waals surface area contributed by atoms with Crippen molar-refractivity contribution in [1.82, 2.24) is 5.32 Å². The Morgan fingerprint density at radius 1 is 1.20 bits per heavy atom. The van der Waals surface area contributed by atoms with Crippen molar-refractivity contribution in [1.29, 1.82) is 0 Å². The first kappa shape index (κ1) is 16.0. The van der Waals surface area contributed by atoms with Gasteiger partial charge < -0.3 is 5.32 Å². The summed E-state index contributed by atoms with van der Waals surface area (Å²) in [6, 6.07) is 10.7. The van der Waals surface area contributed by atoms with Crippen LogP contribution in [0, 0.1) is 9.39 Å². The molecule has 20 heavy (non-hydrogen) atoms. The number of benzene rings is 2. The molecular weight excluding hydrogens is 411 g/mol. The van der Waals surface area contributed by atoms with Gasteiger partial charge in [-0.25, -0.2) is 4.39 Å². The summed E-state index contributed by atoms with van der Waals surface area (Å²) in [5, 5.41) is 4.13. The van der Waals surface area contributed by atoms with E-state index in [1.165, 1.54) is 6.07 Å². The lowest BCUT2D eigenvalue weighted by atomic mass is 9.99. The van der Waals surface area contributed by atoms with Crippen molar-refractivity contribution in [2.45, 2.75) is 12.5 Å². The van der Waals surface area contributed by atoms with E-state index in [1.807, 2.05) is 25.2 Å². The molecule has 0 spiro atoms. The van der Waals surface area contributed by atoms with Crippen molar-refractivity contribution >= 4 is 45.8 Å². The summed E-state index contributed by atoms with van der Waals surface area (Å²) >= 11 is 14.2. The lowest BCUT2D eigenvalue weighted by Gasteiger charge is -2.19. The number of hydrogen-bond donors (Lipinski definition) is 1. The van der Waals surface area contributed by atoms with Crippen LogP contribution in [0.5, 0.6) is 0 Å². The lowest BCUT2D eigenvalue weighted by Crippen LogP contribution is -2.20. The maximum atomic E-state index is 13.2. The quantitative estimate of drug-likeness (QED) is 0.663. The molecule has 106 valence electrons. The molecule has 1 unspecified atom stereocenters. The Labute approximate surface area is 141 Å². The van der Waals surface area contributed by atoms with Gasteiger partial charge >= 0.3 is 0 Å². The highest BCUT2D eigenvalue weighted by atomic mass is 127. The molecule has 0 bridgehead atoms. The second-order valence-electron chi connectivity index (χ2n) is 4.46. The highest BCUT2D eigenvalue weighted by Gasteiger charge is 2.14. The molecular formula is C15H13Cl2FIN. The minimum Gasteiger partial charge on any atom is -0.313 e. The summed E-state index contributed by atoms with van der Waals surface area (Å²) in [5.74, 6) is -0.395. The first-order valence-electron chi connectivity index (χ1n) is 6.07. The molecule has 1 atom stereocenters. The maximum Gasteiger partial charge on any atom is 0.141 e. The van der Waals surface area contributed by atoms with E-state index in [4.69, 9.17) is 23.2 Å². The Bertz CT molecular complexity index is 619. The van der Waals surface area contributed by atoms with Crippen LogP contribution in [0.1, 0.15) is 17.2 Å². The third-order valence-corrected chi connectivity index (χ3v) is 4.61. The Balaban J connectivity index is 2.28. The molecule has 0 fully saturated rings. The minimum atomic E-state index is -0.395. The Hall–Kier alpha value is -0.360. The van der Waals surface area contributed by atoms with Gasteiger partial charge in [-0.05, 0) is 77.5 Å². The molecule has 0 amide bonds. The number of rotatable bonds is 4. The van der Waals surface area contributed by atoms with Gasteiger partial charge in [0.15, 0.2) is 0 Å². The fourth-order valence-electron chi connectivity index (χ4n) is 2.05. The molecule has 0 heterocycles. The van der Waals surface area contributed by atoms with Crippen molar-refractivity contribution in [3.63, 3.8) is 0 Å². The maximum absolute atomic E-state index is 13.2. The molecule has 1 nitrogen and oxygen atoms in total. The van der Waals surface area contributed by atoms with Crippen LogP contribution in [0.25, 0.3) is 0 Å². The van der Waals surface area contributed by atoms with E-state index >= 15 is 0 Å². The predicted octanol–water partition coefficient (Wildman–Crippen LogP) is 5.24. The van der Waals surface area contributed by atoms with Crippen LogP contribution < -0.4 is 5.32 Å². The van der Waals surface area contributed by atoms with Crippen molar-refractivity contribution in [3.8, 4) is 0 Å². The molecule has 2 rings (SSSR count). The fourth-order valence-corrected chi connectivity index (χ4v) is 3.15. The van der Waals surface area contributed by atoms with Gasteiger partial charge in [-0.2, -0.15) is 0 Å². The molecule has 0 aliphatic rings. The van der Waals surface area contributed by atoms with Gasteiger partial charge in [-0.1, -0.05) is 29.3 Å². The first-order chi connectivity index (χ1) is 9.51. The smallest absolute Gasteiger partial charge is 0.141 e. The zero-order valence-electron chi connectivity index (χ0n) is 10.8. The molecule has 0 radical (unpaired) electrons. The number of hydrogen-bond acceptors (Lipinski definition) is 1. The Kier molecular flexibility index (Phi) is 5.66. The summed E-state index contributed by atoms with van der Waals surface area (Å²) in [6.45, 7) is 0. The number of likely N-dealkylation sites (N-methyl/N-ethyl adjacent to an activating group) is 1. The summed E-state index contributed by atoms with van der Waals surface area (Å²) in [4.78, 5) is 0. The van der Waals surface area contributed by atoms with E-state index in [0.29, 0.717) is 11.4 Å². The molecule has 0 aliphatic heterocycles. The van der Waals surface area contributed by atoms with Gasteiger partial charge in [0.1, 0.15) is 5.82 Å². The van der Waals surface area contributed by atoms with Crippen LogP contribution >= 0.6 is 45.8 Å². The summed E-state index contributed by atoms with van der Waals surface area (Å²) in [7, 11) is 1.90. The summed E-state index contributed by atoms with van der Waals surface area (Å²) in [5.41, 5.74) is 2.10. The van der Waals surface area contributed by atoms with E-state index in [0.717, 1.165) is 14.7 Å². The average Bonchev–Trinajstić information content (AvgIpc) is 2.43. The predicted molar refractivity (Wildman–Crippen MR) is 91.1 cm³/mol. The van der Waals surface area contributed by atoms with Gasteiger partial charge in [-0.3, -0.25) is 0 Å². The van der Waals surface area contributed by atoms with E-state index < -0.39 is 5.82 Å². The summed E-state index contributed by atoms with van der Waals surface area (Å²) in [6.07, 6.45) is 0.715. The molecule has 0 saturated carbocycles. The Morgan fingerprint density at radius 2 is 1.95 bits per heavy atom. The molecule has 0 aliphatic carbocycles. The van der Waals surface area contributed by atoms with Gasteiger partial charge in [0.2, 0.25) is 0 Å². The van der Waals surface area contributed by atoms with Crippen LogP contribution in [-0.4, -0.2) is 7.05 Å². The standard InChI is InChI=1S/C15H13Cl2FIN/c1-20-15(11-8-10(16)3-5-14(11)19)7-9-2-4-13(18)12(17)6-9/h2-6,8,15,20H,7H2,1H3. The third kappa shape index (κ3) is 3.85. The average molecular weight is 424 g/mol. The van der Waals surface area contributed by atoms with Crippen molar-refractivity contribution in [3.05, 3.63) is 67.0 Å². The summed E-state index contributed by atoms with van der Waals surface area (Å²) < 4.78 is 14.3. The normalized spacial score (nSPS) is 12.4. The molecule has 0 saturated heterocycles. The third-order valence-electron chi connectivity index (χ3n) is 3.11. The second kappa shape index (κ2) is 7.07. The molecule has 2 aromatic rings. The van der Waals surface area contributed by atoms with Gasteiger partial charge in [-0.15, -0.1) is 0 Å². The molecule has 0 aromatic heterocycles. The molecule has 1 N–H and O–H groups in total. The first-order valence-corrected chi connectivity index (χ1v) is 7.91. The molecule has 2 aromatic carbocycles. The Morgan fingerprint density at radius 3 is 2.60 bits per heavy atom. The van der Waals surface area contributed by atoms with Gasteiger partial charge in [0, 0.05) is 14.6 Å². The van der Waals surface area contributed by atoms with Crippen LogP contribution in [0.15, 0.2) is 36.4 Å². The van der Waals surface area contributed by atoms with Crippen LogP contribution in [0.3, 0.4) is 0 Å². The van der Waals surface area contributed by atoms with Crippen molar-refractivity contribution in [2.24, 2.45) is 0 Å². The number of halogens is 4. The SMILES string of the molecule is CNC(Cc1ccc(F)c(Cl)c1)c1cc(Cl)ccc1I. The van der Waals surface area contributed by atoms with Gasteiger partial charge in [0.05, 0.1) is 5.02 Å². The fraction of sp³-hybridized carbons (Fsp3) is 0.200. The second-order valence-corrected chi connectivity index (χ2v) is 6.47. The van der Waals surface area contributed by atoms with Crippen LogP contribution in [0.2, 0.25) is 10.0 Å². The van der Waals surface area contributed by atoms with Crippen LogP contribution in [-0.2, 0) is 6.42 Å². The number of nitrogens with one attached hydrogen (secondary N) is 1. The minimum absolute atomic E-state index is 0.0992. The van der Waals surface area contributed by atoms with Crippen LogP contribution in [0.4, 0.5) is 4.39 Å². The van der Waals surface area contributed by atoms with E-state index in [-0.39, 0.29) is 11.1 Å². The van der Waals surface area contributed by atoms with Crippen molar-refractivity contribution in [2.75, 3.05) is 7.05 Å². The van der Waals surface area contributed by atoms with Crippen molar-refractivity contribution < 1.29 is 4.39 Å². The zero-order valence-corrected chi connectivity index (χ0v) is 14.4. The van der Waals surface area contributed by atoms with E-state index in [1.54, 1.807) is 12.1 Å². The largest absolute Gasteiger partial charge is 0.313 e. The monoisotopic (exact) mass is 423 g/mol. The highest BCUT2D eigenvalue weighted by molar-refractivity contribution is 14.1. The molecule has 5 heteroatoms. The van der Waals surface area contributed by atoms with Gasteiger partial charge in [0.25, 0.3) is 0 Å². The van der Waals surface area contributed by atoms with E-state index in [2.05, 4.69) is 27.9 Å². The van der Waals surface area contributed by atoms with E-state index in [9.17, 15) is 4.39 Å². The topological polar surface area (TPSA) is 12.0 Å². The zero-order chi connectivity index (χ0) is 14.7.